The predicted octanol–water partition coefficient (Wildman–Crippen LogP) is 2.24. The molecule has 0 bridgehead atoms. The second-order valence-corrected chi connectivity index (χ2v) is 6.14. The van der Waals surface area contributed by atoms with Gasteiger partial charge >= 0.3 is 0 Å². The lowest BCUT2D eigenvalue weighted by molar-refractivity contribution is -0.273. The van der Waals surface area contributed by atoms with Gasteiger partial charge in [0.2, 0.25) is 5.95 Å². The molecule has 19 heavy (non-hydrogen) atoms. The van der Waals surface area contributed by atoms with Gasteiger partial charge in [0.15, 0.2) is 0 Å². The first-order valence-electron chi connectivity index (χ1n) is 6.37. The van der Waals surface area contributed by atoms with Gasteiger partial charge < -0.3 is 0 Å². The molecule has 0 amide bonds. The highest BCUT2D eigenvalue weighted by atomic mass is 16.5. The lowest BCUT2D eigenvalue weighted by Gasteiger charge is -2.46. The van der Waals surface area contributed by atoms with E-state index in [9.17, 15) is 5.21 Å². The van der Waals surface area contributed by atoms with Gasteiger partial charge in [-0.05, 0) is 33.8 Å². The molecule has 1 aromatic heterocycles. The van der Waals surface area contributed by atoms with E-state index in [0.717, 1.165) is 5.71 Å². The Balaban J connectivity index is 2.13. The Kier molecular flexibility index (Phi) is 3.56. The normalized spacial score (nSPS) is 22.1. The van der Waals surface area contributed by atoms with Crippen molar-refractivity contribution in [3.63, 3.8) is 0 Å². The molecule has 1 fully saturated rings. The van der Waals surface area contributed by atoms with Gasteiger partial charge in [-0.15, -0.1) is 10.3 Å². The number of nitrogens with one attached hydrogen (secondary N) is 1. The molecule has 103 valence electrons. The molecule has 1 saturated heterocycles. The highest BCUT2D eigenvalue weighted by Crippen LogP contribution is 2.35. The Morgan fingerprint density at radius 2 is 1.68 bits per heavy atom. The Morgan fingerprint density at radius 1 is 1.16 bits per heavy atom. The van der Waals surface area contributed by atoms with Crippen LogP contribution in [-0.4, -0.2) is 31.8 Å². The average molecular weight is 262 g/mol. The topological polar surface area (TPSA) is 73.3 Å². The van der Waals surface area contributed by atoms with E-state index in [2.05, 4.69) is 20.5 Å². The van der Waals surface area contributed by atoms with Crippen molar-refractivity contribution in [1.29, 1.82) is 0 Å². The second kappa shape index (κ2) is 4.86. The van der Waals surface area contributed by atoms with Crippen LogP contribution in [0, 0.1) is 0 Å². The minimum Gasteiger partial charge on any atom is -0.245 e. The van der Waals surface area contributed by atoms with E-state index >= 15 is 0 Å². The van der Waals surface area contributed by atoms with Crippen LogP contribution in [0.3, 0.4) is 0 Å². The summed E-state index contributed by atoms with van der Waals surface area (Å²) in [6.45, 7) is 7.76. The van der Waals surface area contributed by atoms with Crippen molar-refractivity contribution in [2.45, 2.75) is 51.6 Å². The van der Waals surface area contributed by atoms with E-state index in [0.29, 0.717) is 18.8 Å². The van der Waals surface area contributed by atoms with E-state index in [1.165, 1.54) is 5.06 Å². The first-order valence-corrected chi connectivity index (χ1v) is 6.37. The van der Waals surface area contributed by atoms with E-state index in [-0.39, 0.29) is 0 Å². The third-order valence-corrected chi connectivity index (χ3v) is 3.25. The van der Waals surface area contributed by atoms with Crippen molar-refractivity contribution in [2.24, 2.45) is 5.10 Å². The first-order chi connectivity index (χ1) is 8.81. The fourth-order valence-corrected chi connectivity index (χ4v) is 2.59. The van der Waals surface area contributed by atoms with Crippen LogP contribution in [0.5, 0.6) is 0 Å². The molecule has 0 saturated carbocycles. The van der Waals surface area contributed by atoms with Crippen molar-refractivity contribution in [3.8, 4) is 0 Å². The van der Waals surface area contributed by atoms with Gasteiger partial charge in [0, 0.05) is 42.0 Å². The van der Waals surface area contributed by atoms with E-state index in [4.69, 9.17) is 0 Å². The third-order valence-electron chi connectivity index (χ3n) is 3.25. The molecule has 1 radical (unpaired) electrons. The summed E-state index contributed by atoms with van der Waals surface area (Å²) >= 11 is 0. The Bertz CT molecular complexity index is 449. The first kappa shape index (κ1) is 13.9. The molecular formula is C13H20N5O. The SMILES string of the molecule is CC1(C)CC(=NNc2ncccn2)CC(C)(C)N1[O]. The molecule has 1 aliphatic rings. The van der Waals surface area contributed by atoms with Crippen molar-refractivity contribution in [2.75, 3.05) is 5.43 Å². The summed E-state index contributed by atoms with van der Waals surface area (Å²) in [7, 11) is 0. The standard InChI is InChI=1S/C13H20N5O/c1-12(2)8-10(9-13(3,4)18(12)19)16-17-11-14-6-5-7-15-11/h5-7H,8-9H2,1-4H3,(H,14,15,17). The number of hydrazone groups is 1. The Labute approximate surface area is 113 Å². The van der Waals surface area contributed by atoms with Crippen LogP contribution in [0.4, 0.5) is 5.95 Å². The molecule has 0 spiro atoms. The van der Waals surface area contributed by atoms with E-state index < -0.39 is 11.1 Å². The Hall–Kier alpha value is -1.53. The molecule has 6 heteroatoms. The fraction of sp³-hybridized carbons (Fsp3) is 0.615. The predicted molar refractivity (Wildman–Crippen MR) is 73.0 cm³/mol. The number of hydrogen-bond acceptors (Lipinski definition) is 5. The van der Waals surface area contributed by atoms with Gasteiger partial charge in [-0.3, -0.25) is 0 Å². The van der Waals surface area contributed by atoms with Crippen LogP contribution in [0.2, 0.25) is 0 Å². The van der Waals surface area contributed by atoms with Gasteiger partial charge in [0.05, 0.1) is 0 Å². The average Bonchev–Trinajstić information content (AvgIpc) is 2.34. The molecule has 0 aromatic carbocycles. The molecule has 6 nitrogen and oxygen atoms in total. The van der Waals surface area contributed by atoms with Crippen molar-refractivity contribution < 1.29 is 5.21 Å². The molecule has 0 unspecified atom stereocenters. The zero-order chi connectivity index (χ0) is 14.1. The number of anilines is 1. The molecule has 1 aromatic rings. The highest BCUT2D eigenvalue weighted by Gasteiger charge is 2.44. The second-order valence-electron chi connectivity index (χ2n) is 6.14. The quantitative estimate of drug-likeness (QED) is 0.829. The minimum atomic E-state index is -0.445. The van der Waals surface area contributed by atoms with Gasteiger partial charge in [-0.2, -0.15) is 5.10 Å². The zero-order valence-electron chi connectivity index (χ0n) is 11.8. The summed E-state index contributed by atoms with van der Waals surface area (Å²) in [5.74, 6) is 0.468. The van der Waals surface area contributed by atoms with Crippen molar-refractivity contribution in [1.82, 2.24) is 15.0 Å². The van der Waals surface area contributed by atoms with Gasteiger partial charge in [-0.25, -0.2) is 15.4 Å². The number of piperidine rings is 1. The van der Waals surface area contributed by atoms with Crippen LogP contribution in [0.25, 0.3) is 0 Å². The fourth-order valence-electron chi connectivity index (χ4n) is 2.59. The van der Waals surface area contributed by atoms with Crippen molar-refractivity contribution in [3.05, 3.63) is 18.5 Å². The maximum absolute atomic E-state index is 12.2. The Morgan fingerprint density at radius 3 is 2.21 bits per heavy atom. The van der Waals surface area contributed by atoms with Crippen LogP contribution in [0.15, 0.2) is 23.6 Å². The molecular weight excluding hydrogens is 242 g/mol. The summed E-state index contributed by atoms with van der Waals surface area (Å²) in [5.41, 5.74) is 2.93. The van der Waals surface area contributed by atoms with Crippen LogP contribution in [0.1, 0.15) is 40.5 Å². The molecule has 0 aliphatic carbocycles. The molecule has 2 rings (SSSR count). The summed E-state index contributed by atoms with van der Waals surface area (Å²) in [6.07, 6.45) is 4.59. The number of hydrogen-bond donors (Lipinski definition) is 1. The van der Waals surface area contributed by atoms with E-state index in [1.807, 2.05) is 27.7 Å². The third kappa shape index (κ3) is 3.08. The van der Waals surface area contributed by atoms with Crippen LogP contribution >= 0.6 is 0 Å². The molecule has 1 aliphatic heterocycles. The zero-order valence-corrected chi connectivity index (χ0v) is 11.8. The monoisotopic (exact) mass is 262 g/mol. The van der Waals surface area contributed by atoms with Gasteiger partial charge in [0.25, 0.3) is 0 Å². The summed E-state index contributed by atoms with van der Waals surface area (Å²) < 4.78 is 0. The molecule has 0 atom stereocenters. The summed E-state index contributed by atoms with van der Waals surface area (Å²) in [5, 5.41) is 17.7. The number of nitrogens with zero attached hydrogens (tertiary/aromatic N) is 4. The van der Waals surface area contributed by atoms with Gasteiger partial charge in [0.1, 0.15) is 0 Å². The van der Waals surface area contributed by atoms with E-state index in [1.54, 1.807) is 18.5 Å². The maximum Gasteiger partial charge on any atom is 0.243 e. The summed E-state index contributed by atoms with van der Waals surface area (Å²) in [6, 6.07) is 1.75. The largest absolute Gasteiger partial charge is 0.245 e. The number of hydroxylamine groups is 2. The van der Waals surface area contributed by atoms with Crippen LogP contribution in [-0.2, 0) is 5.21 Å². The summed E-state index contributed by atoms with van der Waals surface area (Å²) in [4.78, 5) is 8.10. The number of rotatable bonds is 2. The molecule has 2 heterocycles. The smallest absolute Gasteiger partial charge is 0.243 e. The lowest BCUT2D eigenvalue weighted by atomic mass is 9.81. The molecule has 1 N–H and O–H groups in total. The van der Waals surface area contributed by atoms with Crippen molar-refractivity contribution >= 4 is 11.7 Å². The van der Waals surface area contributed by atoms with Crippen LogP contribution < -0.4 is 5.43 Å². The lowest BCUT2D eigenvalue weighted by Crippen LogP contribution is -2.58. The van der Waals surface area contributed by atoms with Gasteiger partial charge in [-0.1, -0.05) is 0 Å². The highest BCUT2D eigenvalue weighted by molar-refractivity contribution is 5.87. The minimum absolute atomic E-state index is 0.445. The number of aromatic nitrogens is 2. The maximum atomic E-state index is 12.2.